The van der Waals surface area contributed by atoms with E-state index in [2.05, 4.69) is 24.1 Å². The number of pyridine rings is 1. The summed E-state index contributed by atoms with van der Waals surface area (Å²) in [4.78, 5) is 18.1. The quantitative estimate of drug-likeness (QED) is 0.873. The molecule has 0 radical (unpaired) electrons. The van der Waals surface area contributed by atoms with Crippen molar-refractivity contribution in [1.29, 1.82) is 0 Å². The predicted octanol–water partition coefficient (Wildman–Crippen LogP) is 1.22. The molecule has 2 heterocycles. The minimum absolute atomic E-state index is 0.256. The van der Waals surface area contributed by atoms with E-state index >= 15 is 0 Å². The largest absolute Gasteiger partial charge is 0.340 e. The highest BCUT2D eigenvalue weighted by molar-refractivity contribution is 5.76. The van der Waals surface area contributed by atoms with Gasteiger partial charge in [-0.1, -0.05) is 0 Å². The van der Waals surface area contributed by atoms with Crippen LogP contribution in [0.5, 0.6) is 0 Å². The second kappa shape index (κ2) is 5.96. The highest BCUT2D eigenvalue weighted by Crippen LogP contribution is 2.08. The van der Waals surface area contributed by atoms with Crippen LogP contribution in [0.2, 0.25) is 0 Å². The lowest BCUT2D eigenvalue weighted by Crippen LogP contribution is -2.55. The van der Waals surface area contributed by atoms with Crippen LogP contribution in [0.25, 0.3) is 0 Å². The highest BCUT2D eigenvalue weighted by Gasteiger charge is 2.24. The number of aromatic nitrogens is 1. The van der Waals surface area contributed by atoms with E-state index in [0.29, 0.717) is 18.5 Å². The highest BCUT2D eigenvalue weighted by atomic mass is 16.2. The molecule has 18 heavy (non-hydrogen) atoms. The second-order valence-corrected chi connectivity index (χ2v) is 5.12. The van der Waals surface area contributed by atoms with Gasteiger partial charge in [0, 0.05) is 44.0 Å². The number of aryl methyl sites for hydroxylation is 1. The third-order valence-corrected chi connectivity index (χ3v) is 3.29. The molecule has 1 aliphatic rings. The summed E-state index contributed by atoms with van der Waals surface area (Å²) in [5.41, 5.74) is 1.18. The number of amides is 1. The van der Waals surface area contributed by atoms with Crippen LogP contribution in [0.15, 0.2) is 24.5 Å². The SMILES string of the molecule is C[C@@H]1CN(C(=O)CCc2ccncc2)C[C@H](C)N1. The third-order valence-electron chi connectivity index (χ3n) is 3.29. The van der Waals surface area contributed by atoms with E-state index in [0.717, 1.165) is 19.5 Å². The van der Waals surface area contributed by atoms with Crippen molar-refractivity contribution in [2.75, 3.05) is 13.1 Å². The van der Waals surface area contributed by atoms with Crippen molar-refractivity contribution in [2.24, 2.45) is 0 Å². The summed E-state index contributed by atoms with van der Waals surface area (Å²) in [6.07, 6.45) is 4.93. The van der Waals surface area contributed by atoms with Crippen molar-refractivity contribution in [1.82, 2.24) is 15.2 Å². The fourth-order valence-electron chi connectivity index (χ4n) is 2.49. The smallest absolute Gasteiger partial charge is 0.223 e. The van der Waals surface area contributed by atoms with E-state index in [1.807, 2.05) is 17.0 Å². The Balaban J connectivity index is 1.84. The molecule has 0 saturated carbocycles. The van der Waals surface area contributed by atoms with Gasteiger partial charge in [-0.05, 0) is 38.0 Å². The number of nitrogens with one attached hydrogen (secondary N) is 1. The molecule has 1 aliphatic heterocycles. The van der Waals surface area contributed by atoms with E-state index in [1.54, 1.807) is 12.4 Å². The lowest BCUT2D eigenvalue weighted by Gasteiger charge is -2.36. The van der Waals surface area contributed by atoms with Gasteiger partial charge in [0.25, 0.3) is 0 Å². The zero-order valence-electron chi connectivity index (χ0n) is 11.1. The van der Waals surface area contributed by atoms with Crippen LogP contribution >= 0.6 is 0 Å². The zero-order valence-corrected chi connectivity index (χ0v) is 11.1. The van der Waals surface area contributed by atoms with Crippen LogP contribution < -0.4 is 5.32 Å². The average molecular weight is 247 g/mol. The number of hydrogen-bond acceptors (Lipinski definition) is 3. The van der Waals surface area contributed by atoms with E-state index in [4.69, 9.17) is 0 Å². The van der Waals surface area contributed by atoms with Gasteiger partial charge >= 0.3 is 0 Å². The molecule has 1 fully saturated rings. The van der Waals surface area contributed by atoms with E-state index < -0.39 is 0 Å². The summed E-state index contributed by atoms with van der Waals surface area (Å²) in [5, 5.41) is 3.44. The maximum atomic E-state index is 12.1. The van der Waals surface area contributed by atoms with Crippen molar-refractivity contribution >= 4 is 5.91 Å². The van der Waals surface area contributed by atoms with Crippen LogP contribution in [0.4, 0.5) is 0 Å². The number of hydrogen-bond donors (Lipinski definition) is 1. The first-order chi connectivity index (χ1) is 8.65. The number of carbonyl (C=O) groups is 1. The Kier molecular flexibility index (Phi) is 4.31. The van der Waals surface area contributed by atoms with Crippen LogP contribution in [-0.2, 0) is 11.2 Å². The van der Waals surface area contributed by atoms with Gasteiger partial charge in [0.2, 0.25) is 5.91 Å². The van der Waals surface area contributed by atoms with Gasteiger partial charge in [0.1, 0.15) is 0 Å². The topological polar surface area (TPSA) is 45.2 Å². The summed E-state index contributed by atoms with van der Waals surface area (Å²) in [6.45, 7) is 5.89. The Bertz CT molecular complexity index is 383. The molecule has 4 nitrogen and oxygen atoms in total. The van der Waals surface area contributed by atoms with Crippen LogP contribution in [-0.4, -0.2) is 41.0 Å². The van der Waals surface area contributed by atoms with Crippen molar-refractivity contribution in [3.05, 3.63) is 30.1 Å². The van der Waals surface area contributed by atoms with Crippen molar-refractivity contribution in [2.45, 2.75) is 38.8 Å². The fourth-order valence-corrected chi connectivity index (χ4v) is 2.49. The van der Waals surface area contributed by atoms with Gasteiger partial charge in [-0.3, -0.25) is 9.78 Å². The maximum absolute atomic E-state index is 12.1. The Morgan fingerprint density at radius 2 is 1.94 bits per heavy atom. The van der Waals surface area contributed by atoms with Gasteiger partial charge in [0.05, 0.1) is 0 Å². The second-order valence-electron chi connectivity index (χ2n) is 5.12. The van der Waals surface area contributed by atoms with Crippen molar-refractivity contribution < 1.29 is 4.79 Å². The average Bonchev–Trinajstić information content (AvgIpc) is 2.36. The molecule has 0 unspecified atom stereocenters. The Morgan fingerprint density at radius 3 is 2.56 bits per heavy atom. The molecule has 1 N–H and O–H groups in total. The van der Waals surface area contributed by atoms with E-state index in [9.17, 15) is 4.79 Å². The molecule has 1 amide bonds. The molecule has 4 heteroatoms. The summed E-state index contributed by atoms with van der Waals surface area (Å²) >= 11 is 0. The maximum Gasteiger partial charge on any atom is 0.223 e. The summed E-state index contributed by atoms with van der Waals surface area (Å²) in [5.74, 6) is 0.256. The first-order valence-corrected chi connectivity index (χ1v) is 6.58. The Labute approximate surface area is 108 Å². The number of piperazine rings is 1. The molecule has 0 aromatic carbocycles. The van der Waals surface area contributed by atoms with Gasteiger partial charge in [-0.25, -0.2) is 0 Å². The van der Waals surface area contributed by atoms with E-state index in [-0.39, 0.29) is 5.91 Å². The first-order valence-electron chi connectivity index (χ1n) is 6.58. The Morgan fingerprint density at radius 1 is 1.33 bits per heavy atom. The monoisotopic (exact) mass is 247 g/mol. The van der Waals surface area contributed by atoms with Crippen molar-refractivity contribution in [3.63, 3.8) is 0 Å². The fraction of sp³-hybridized carbons (Fsp3) is 0.571. The van der Waals surface area contributed by atoms with Gasteiger partial charge in [-0.2, -0.15) is 0 Å². The molecule has 1 aromatic rings. The molecular formula is C14H21N3O. The van der Waals surface area contributed by atoms with Crippen molar-refractivity contribution in [3.8, 4) is 0 Å². The Hall–Kier alpha value is -1.42. The minimum Gasteiger partial charge on any atom is -0.340 e. The molecule has 1 saturated heterocycles. The molecule has 2 rings (SSSR count). The van der Waals surface area contributed by atoms with Gasteiger partial charge < -0.3 is 10.2 Å². The van der Waals surface area contributed by atoms with Gasteiger partial charge in [0.15, 0.2) is 0 Å². The third kappa shape index (κ3) is 3.53. The van der Waals surface area contributed by atoms with Crippen LogP contribution in [0.3, 0.4) is 0 Å². The molecule has 0 bridgehead atoms. The predicted molar refractivity (Wildman–Crippen MR) is 71.2 cm³/mol. The van der Waals surface area contributed by atoms with Gasteiger partial charge in [-0.15, -0.1) is 0 Å². The summed E-state index contributed by atoms with van der Waals surface area (Å²) < 4.78 is 0. The first kappa shape index (κ1) is 13.0. The number of nitrogens with zero attached hydrogens (tertiary/aromatic N) is 2. The molecule has 1 aromatic heterocycles. The normalized spacial score (nSPS) is 24.0. The molecular weight excluding hydrogens is 226 g/mol. The minimum atomic E-state index is 0.256. The van der Waals surface area contributed by atoms with Crippen LogP contribution in [0.1, 0.15) is 25.8 Å². The van der Waals surface area contributed by atoms with Crippen LogP contribution in [0, 0.1) is 0 Å². The molecule has 2 atom stereocenters. The standard InChI is InChI=1S/C14H21N3O/c1-11-9-17(10-12(2)16-11)14(18)4-3-13-5-7-15-8-6-13/h5-8,11-12,16H,3-4,9-10H2,1-2H3/t11-,12+. The lowest BCUT2D eigenvalue weighted by molar-refractivity contribution is -0.132. The lowest BCUT2D eigenvalue weighted by atomic mass is 10.1. The van der Waals surface area contributed by atoms with E-state index in [1.165, 1.54) is 5.56 Å². The summed E-state index contributed by atoms with van der Waals surface area (Å²) in [7, 11) is 0. The summed E-state index contributed by atoms with van der Waals surface area (Å²) in [6, 6.07) is 4.71. The number of rotatable bonds is 3. The zero-order chi connectivity index (χ0) is 13.0. The molecule has 98 valence electrons. The number of carbonyl (C=O) groups excluding carboxylic acids is 1. The molecule has 0 aliphatic carbocycles. The molecule has 0 spiro atoms.